The molecule has 1 heterocycles. The number of aromatic nitrogens is 1. The van der Waals surface area contributed by atoms with Gasteiger partial charge in [-0.05, 0) is 81.3 Å². The van der Waals surface area contributed by atoms with E-state index in [0.29, 0.717) is 16.9 Å². The normalized spacial score (nSPS) is 10.7. The quantitative estimate of drug-likeness (QED) is 0.659. The summed E-state index contributed by atoms with van der Waals surface area (Å²) in [5, 5.41) is 0. The molecule has 0 saturated carbocycles. The summed E-state index contributed by atoms with van der Waals surface area (Å²) in [7, 11) is 0. The van der Waals surface area contributed by atoms with Crippen molar-refractivity contribution < 1.29 is 14.3 Å². The van der Waals surface area contributed by atoms with Gasteiger partial charge in [-0.3, -0.25) is 9.59 Å². The van der Waals surface area contributed by atoms with Crippen molar-refractivity contribution in [2.45, 2.75) is 27.7 Å². The minimum absolute atomic E-state index is 0.0763. The Labute approximate surface area is 164 Å². The summed E-state index contributed by atoms with van der Waals surface area (Å²) < 4.78 is 7.68. The fourth-order valence-corrected chi connectivity index (χ4v) is 3.25. The molecule has 28 heavy (non-hydrogen) atoms. The summed E-state index contributed by atoms with van der Waals surface area (Å²) >= 11 is 0. The van der Waals surface area contributed by atoms with Crippen LogP contribution in [0.15, 0.2) is 48.5 Å². The van der Waals surface area contributed by atoms with Crippen LogP contribution < -0.4 is 10.5 Å². The van der Waals surface area contributed by atoms with Crippen molar-refractivity contribution in [1.82, 2.24) is 4.57 Å². The van der Waals surface area contributed by atoms with Gasteiger partial charge >= 0.3 is 0 Å². The van der Waals surface area contributed by atoms with Gasteiger partial charge < -0.3 is 15.0 Å². The van der Waals surface area contributed by atoms with E-state index in [-0.39, 0.29) is 12.4 Å². The lowest BCUT2D eigenvalue weighted by Gasteiger charge is -2.12. The van der Waals surface area contributed by atoms with E-state index in [1.165, 1.54) is 11.1 Å². The van der Waals surface area contributed by atoms with Gasteiger partial charge in [0.05, 0.1) is 0 Å². The predicted octanol–water partition coefficient (Wildman–Crippen LogP) is 4.07. The minimum atomic E-state index is -0.499. The van der Waals surface area contributed by atoms with E-state index in [1.54, 1.807) is 24.3 Å². The number of benzene rings is 2. The number of carbonyl (C=O) groups is 2. The first-order valence-electron chi connectivity index (χ1n) is 9.10. The molecule has 3 rings (SSSR count). The Morgan fingerprint density at radius 1 is 0.929 bits per heavy atom. The van der Waals surface area contributed by atoms with E-state index in [2.05, 4.69) is 36.6 Å². The molecule has 1 amide bonds. The molecule has 0 unspecified atom stereocenters. The third-order valence-corrected chi connectivity index (χ3v) is 4.99. The zero-order valence-corrected chi connectivity index (χ0v) is 16.6. The van der Waals surface area contributed by atoms with Gasteiger partial charge in [-0.1, -0.05) is 6.07 Å². The maximum Gasteiger partial charge on any atom is 0.248 e. The van der Waals surface area contributed by atoms with Crippen LogP contribution in [-0.4, -0.2) is 22.9 Å². The molecule has 0 fully saturated rings. The summed E-state index contributed by atoms with van der Waals surface area (Å²) in [5.74, 6) is -0.0788. The topological polar surface area (TPSA) is 74.3 Å². The molecule has 3 aromatic rings. The average Bonchev–Trinajstić information content (AvgIpc) is 2.97. The maximum atomic E-state index is 12.7. The lowest BCUT2D eigenvalue weighted by Crippen LogP contribution is -2.13. The SMILES string of the molecule is Cc1ccc(-n2c(C)cc(C(=O)COc3ccc(C(N)=O)cc3)c2C)cc1C. The summed E-state index contributed by atoms with van der Waals surface area (Å²) in [6.45, 7) is 8.01. The number of primary amides is 1. The highest BCUT2D eigenvalue weighted by molar-refractivity contribution is 5.99. The van der Waals surface area contributed by atoms with Crippen LogP contribution in [0.1, 0.15) is 43.2 Å². The molecule has 0 aliphatic rings. The van der Waals surface area contributed by atoms with Gasteiger partial charge in [0.15, 0.2) is 6.61 Å². The van der Waals surface area contributed by atoms with Crippen molar-refractivity contribution >= 4 is 11.7 Å². The number of amides is 1. The molecule has 0 atom stereocenters. The zero-order valence-electron chi connectivity index (χ0n) is 16.6. The number of rotatable bonds is 6. The molecule has 0 aliphatic carbocycles. The Morgan fingerprint density at radius 3 is 2.21 bits per heavy atom. The molecule has 5 nitrogen and oxygen atoms in total. The first kappa shape index (κ1) is 19.4. The van der Waals surface area contributed by atoms with Crippen molar-refractivity contribution in [1.29, 1.82) is 0 Å². The number of ether oxygens (including phenoxy) is 1. The number of hydrogen-bond donors (Lipinski definition) is 1. The maximum absolute atomic E-state index is 12.7. The number of Topliss-reactive ketones (excluding diaryl/α,β-unsaturated/α-hetero) is 1. The van der Waals surface area contributed by atoms with Crippen LogP contribution in [0.4, 0.5) is 0 Å². The van der Waals surface area contributed by atoms with Gasteiger partial charge in [0.25, 0.3) is 0 Å². The molecule has 2 N–H and O–H groups in total. The highest BCUT2D eigenvalue weighted by atomic mass is 16.5. The molecule has 2 aromatic carbocycles. The smallest absolute Gasteiger partial charge is 0.248 e. The molecular weight excluding hydrogens is 352 g/mol. The second-order valence-electron chi connectivity index (χ2n) is 6.99. The Bertz CT molecular complexity index is 1050. The van der Waals surface area contributed by atoms with Crippen LogP contribution in [0.2, 0.25) is 0 Å². The van der Waals surface area contributed by atoms with Gasteiger partial charge in [-0.15, -0.1) is 0 Å². The van der Waals surface area contributed by atoms with Crippen LogP contribution in [0, 0.1) is 27.7 Å². The fourth-order valence-electron chi connectivity index (χ4n) is 3.25. The largest absolute Gasteiger partial charge is 0.485 e. The molecule has 0 spiro atoms. The number of nitrogens with two attached hydrogens (primary N) is 1. The van der Waals surface area contributed by atoms with Crippen molar-refractivity contribution in [3.63, 3.8) is 0 Å². The molecular formula is C23H24N2O3. The standard InChI is InChI=1S/C23H24N2O3/c1-14-5-8-19(11-15(14)2)25-16(3)12-21(17(25)4)22(26)13-28-20-9-6-18(7-10-20)23(24)27/h5-12H,13H2,1-4H3,(H2,24,27). The Balaban J connectivity index is 1.79. The molecule has 5 heteroatoms. The fraction of sp³-hybridized carbons (Fsp3) is 0.217. The minimum Gasteiger partial charge on any atom is -0.485 e. The lowest BCUT2D eigenvalue weighted by atomic mass is 10.1. The van der Waals surface area contributed by atoms with Crippen LogP contribution in [0.5, 0.6) is 5.75 Å². The highest BCUT2D eigenvalue weighted by Gasteiger charge is 2.17. The molecule has 144 valence electrons. The van der Waals surface area contributed by atoms with Gasteiger partial charge in [0.1, 0.15) is 5.75 Å². The van der Waals surface area contributed by atoms with Crippen LogP contribution >= 0.6 is 0 Å². The summed E-state index contributed by atoms with van der Waals surface area (Å²) in [6, 6.07) is 14.6. The molecule has 0 aliphatic heterocycles. The Morgan fingerprint density at radius 2 is 1.61 bits per heavy atom. The Hall–Kier alpha value is -3.34. The summed E-state index contributed by atoms with van der Waals surface area (Å²) in [6.07, 6.45) is 0. The number of carbonyl (C=O) groups excluding carboxylic acids is 2. The monoisotopic (exact) mass is 376 g/mol. The first-order valence-corrected chi connectivity index (χ1v) is 9.10. The van der Waals surface area contributed by atoms with Crippen molar-refractivity contribution in [3.05, 3.63) is 82.2 Å². The second-order valence-corrected chi connectivity index (χ2v) is 6.99. The second kappa shape index (κ2) is 7.72. The molecule has 1 aromatic heterocycles. The predicted molar refractivity (Wildman–Crippen MR) is 110 cm³/mol. The van der Waals surface area contributed by atoms with Crippen molar-refractivity contribution in [2.75, 3.05) is 6.61 Å². The van der Waals surface area contributed by atoms with Gasteiger partial charge in [0, 0.05) is 28.2 Å². The van der Waals surface area contributed by atoms with Crippen LogP contribution in [0.25, 0.3) is 5.69 Å². The van der Waals surface area contributed by atoms with Gasteiger partial charge in [-0.2, -0.15) is 0 Å². The van der Waals surface area contributed by atoms with Crippen LogP contribution in [-0.2, 0) is 0 Å². The van der Waals surface area contributed by atoms with Gasteiger partial charge in [-0.25, -0.2) is 0 Å². The summed E-state index contributed by atoms with van der Waals surface area (Å²) in [5.41, 5.74) is 11.6. The highest BCUT2D eigenvalue weighted by Crippen LogP contribution is 2.23. The van der Waals surface area contributed by atoms with E-state index in [0.717, 1.165) is 17.1 Å². The van der Waals surface area contributed by atoms with E-state index >= 15 is 0 Å². The molecule has 0 radical (unpaired) electrons. The van der Waals surface area contributed by atoms with E-state index < -0.39 is 5.91 Å². The van der Waals surface area contributed by atoms with Gasteiger partial charge in [0.2, 0.25) is 11.7 Å². The van der Waals surface area contributed by atoms with Crippen molar-refractivity contribution in [3.8, 4) is 11.4 Å². The number of nitrogens with zero attached hydrogens (tertiary/aromatic N) is 1. The van der Waals surface area contributed by atoms with E-state index in [1.807, 2.05) is 19.9 Å². The third-order valence-electron chi connectivity index (χ3n) is 4.99. The van der Waals surface area contributed by atoms with Crippen molar-refractivity contribution in [2.24, 2.45) is 5.73 Å². The first-order chi connectivity index (χ1) is 13.3. The van der Waals surface area contributed by atoms with Crippen LogP contribution in [0.3, 0.4) is 0 Å². The lowest BCUT2D eigenvalue weighted by molar-refractivity contribution is 0.0919. The molecule has 0 saturated heterocycles. The van der Waals surface area contributed by atoms with E-state index in [9.17, 15) is 9.59 Å². The average molecular weight is 376 g/mol. The summed E-state index contributed by atoms with van der Waals surface area (Å²) in [4.78, 5) is 23.8. The number of hydrogen-bond acceptors (Lipinski definition) is 3. The number of aryl methyl sites for hydroxylation is 3. The van der Waals surface area contributed by atoms with E-state index in [4.69, 9.17) is 10.5 Å². The zero-order chi connectivity index (χ0) is 20.4. The number of ketones is 1. The molecule has 0 bridgehead atoms. The third kappa shape index (κ3) is 3.83. The Kier molecular flexibility index (Phi) is 5.36.